The van der Waals surface area contributed by atoms with Gasteiger partial charge in [0.1, 0.15) is 18.2 Å². The van der Waals surface area contributed by atoms with E-state index in [9.17, 15) is 36.2 Å². The summed E-state index contributed by atoms with van der Waals surface area (Å²) in [4.78, 5) is 21.8. The van der Waals surface area contributed by atoms with Crippen LogP contribution in [-0.2, 0) is 9.53 Å². The molecule has 4 rings (SSSR count). The van der Waals surface area contributed by atoms with Gasteiger partial charge in [-0.15, -0.1) is 0 Å². The molecule has 2 saturated heterocycles. The Morgan fingerprint density at radius 2 is 1.82 bits per heavy atom. The van der Waals surface area contributed by atoms with Gasteiger partial charge in [0.2, 0.25) is 11.8 Å². The molecule has 0 radical (unpaired) electrons. The first-order valence-corrected chi connectivity index (χ1v) is 12.2. The predicted octanol–water partition coefficient (Wildman–Crippen LogP) is 4.15. The molecule has 2 aliphatic rings. The maximum Gasteiger partial charge on any atom is 0.426 e. The van der Waals surface area contributed by atoms with E-state index < -0.39 is 48.2 Å². The molecule has 9 nitrogen and oxygen atoms in total. The van der Waals surface area contributed by atoms with Gasteiger partial charge in [0.05, 0.1) is 47.5 Å². The number of aliphatic hydroxyl groups is 1. The number of rotatable bonds is 6. The summed E-state index contributed by atoms with van der Waals surface area (Å²) in [5.74, 6) is -2.19. The third-order valence-corrected chi connectivity index (χ3v) is 7.15. The number of anilines is 2. The lowest BCUT2D eigenvalue weighted by molar-refractivity contribution is -0.367. The highest BCUT2D eigenvalue weighted by Gasteiger charge is 2.71. The van der Waals surface area contributed by atoms with Crippen LogP contribution in [0.3, 0.4) is 0 Å². The fraction of sp³-hybridized carbons (Fsp3) is 0.500. The molecule has 2 fully saturated rings. The maximum absolute atomic E-state index is 13.1. The van der Waals surface area contributed by atoms with Crippen LogP contribution in [0.15, 0.2) is 24.5 Å². The Labute approximate surface area is 228 Å². The van der Waals surface area contributed by atoms with Crippen LogP contribution in [0.5, 0.6) is 5.88 Å². The molecule has 16 heteroatoms. The van der Waals surface area contributed by atoms with Crippen molar-refractivity contribution in [2.45, 2.75) is 37.4 Å². The van der Waals surface area contributed by atoms with Gasteiger partial charge in [0.15, 0.2) is 0 Å². The number of ether oxygens (including phenoxy) is 2. The number of nitrogens with one attached hydrogen (secondary N) is 1. The number of nitrogens with zero attached hydrogens (tertiary/aromatic N) is 4. The number of hydrogen-bond donors (Lipinski definition) is 2. The molecule has 2 aromatic rings. The summed E-state index contributed by atoms with van der Waals surface area (Å²) in [6, 6.07) is 6.60. The Balaban J connectivity index is 1.49. The highest BCUT2D eigenvalue weighted by Crippen LogP contribution is 2.46. The number of amides is 1. The van der Waals surface area contributed by atoms with Gasteiger partial charge in [0, 0.05) is 24.9 Å². The zero-order chi connectivity index (χ0) is 29.5. The molecule has 2 bridgehead atoms. The van der Waals surface area contributed by atoms with E-state index in [-0.39, 0.29) is 37.2 Å². The average molecular weight is 594 g/mol. The van der Waals surface area contributed by atoms with E-state index in [1.54, 1.807) is 19.1 Å². The number of hydrogen-bond acceptors (Lipinski definition) is 8. The number of fused-ring (bicyclic) bond motifs is 2. The Bertz CT molecular complexity index is 1290. The Kier molecular flexibility index (Phi) is 8.08. The van der Waals surface area contributed by atoms with Crippen molar-refractivity contribution in [1.29, 1.82) is 5.26 Å². The molecule has 2 unspecified atom stereocenters. The van der Waals surface area contributed by atoms with Crippen molar-refractivity contribution in [1.82, 2.24) is 14.9 Å². The molecule has 2 N–H and O–H groups in total. The smallest absolute Gasteiger partial charge is 0.426 e. The summed E-state index contributed by atoms with van der Waals surface area (Å²) >= 11 is 6.22. The molecule has 0 aliphatic carbocycles. The minimum atomic E-state index is -6.10. The third kappa shape index (κ3) is 5.74. The number of benzene rings is 1. The van der Waals surface area contributed by atoms with Crippen LogP contribution >= 0.6 is 11.6 Å². The van der Waals surface area contributed by atoms with E-state index in [1.165, 1.54) is 12.4 Å². The first kappa shape index (κ1) is 29.6. The number of halogens is 7. The first-order chi connectivity index (χ1) is 18.6. The van der Waals surface area contributed by atoms with Crippen molar-refractivity contribution >= 4 is 29.0 Å². The number of aromatic nitrogens is 2. The van der Waals surface area contributed by atoms with E-state index in [0.29, 0.717) is 22.6 Å². The Morgan fingerprint density at radius 3 is 2.38 bits per heavy atom. The second kappa shape index (κ2) is 10.9. The third-order valence-electron chi connectivity index (χ3n) is 6.84. The number of alkyl halides is 6. The lowest BCUT2D eigenvalue weighted by atomic mass is 9.84. The Hall–Kier alpha value is -3.35. The van der Waals surface area contributed by atoms with E-state index in [1.807, 2.05) is 6.07 Å². The molecule has 2 aliphatic heterocycles. The van der Waals surface area contributed by atoms with Crippen molar-refractivity contribution in [3.63, 3.8) is 0 Å². The largest absolute Gasteiger partial charge is 0.473 e. The SMILES string of the molecule is Cc1c(Nc2ccc(C#N)cc2Cl)ncnc1OC1C2COCC1CN(C(=O)CC(O)(C(F)(F)F)C(F)(F)F)C2. The zero-order valence-electron chi connectivity index (χ0n) is 20.7. The van der Waals surface area contributed by atoms with Gasteiger partial charge in [-0.3, -0.25) is 4.79 Å². The molecule has 1 amide bonds. The van der Waals surface area contributed by atoms with Crippen molar-refractivity contribution < 1.29 is 45.7 Å². The maximum atomic E-state index is 13.1. The van der Waals surface area contributed by atoms with Gasteiger partial charge in [-0.25, -0.2) is 9.97 Å². The quantitative estimate of drug-likeness (QED) is 0.479. The monoisotopic (exact) mass is 593 g/mol. The van der Waals surface area contributed by atoms with Crippen LogP contribution in [0.4, 0.5) is 37.8 Å². The highest BCUT2D eigenvalue weighted by molar-refractivity contribution is 6.33. The molecule has 40 heavy (non-hydrogen) atoms. The molecule has 1 aromatic carbocycles. The number of carbonyl (C=O) groups is 1. The van der Waals surface area contributed by atoms with Gasteiger partial charge >= 0.3 is 12.4 Å². The van der Waals surface area contributed by atoms with Gasteiger partial charge in [-0.2, -0.15) is 31.6 Å². The minimum absolute atomic E-state index is 0.0316. The van der Waals surface area contributed by atoms with Gasteiger partial charge in [0.25, 0.3) is 5.60 Å². The zero-order valence-corrected chi connectivity index (χ0v) is 21.4. The molecule has 0 spiro atoms. The molecule has 216 valence electrons. The summed E-state index contributed by atoms with van der Waals surface area (Å²) in [7, 11) is 0. The summed E-state index contributed by atoms with van der Waals surface area (Å²) in [5, 5.41) is 21.8. The molecule has 3 heterocycles. The summed E-state index contributed by atoms with van der Waals surface area (Å²) in [6.45, 7) is 1.23. The second-order valence-corrected chi connectivity index (χ2v) is 9.96. The lowest BCUT2D eigenvalue weighted by Gasteiger charge is -2.47. The highest BCUT2D eigenvalue weighted by atomic mass is 35.5. The summed E-state index contributed by atoms with van der Waals surface area (Å²) in [5.41, 5.74) is -3.88. The van der Waals surface area contributed by atoms with E-state index in [0.717, 1.165) is 4.90 Å². The molecule has 1 aromatic heterocycles. The fourth-order valence-electron chi connectivity index (χ4n) is 4.61. The van der Waals surface area contributed by atoms with Gasteiger partial charge in [-0.1, -0.05) is 11.6 Å². The van der Waals surface area contributed by atoms with Gasteiger partial charge < -0.3 is 24.8 Å². The van der Waals surface area contributed by atoms with Crippen LogP contribution in [0.1, 0.15) is 17.5 Å². The van der Waals surface area contributed by atoms with Crippen molar-refractivity contribution in [3.05, 3.63) is 40.7 Å². The van der Waals surface area contributed by atoms with Crippen LogP contribution < -0.4 is 10.1 Å². The fourth-order valence-corrected chi connectivity index (χ4v) is 4.84. The standard InChI is InChI=1S/C24H22ClF6N5O4/c1-12-20(35-17-3-2-13(6-32)4-16(17)25)33-11-34-21(12)40-19-14-7-36(8-15(19)10-39-9-14)18(37)5-22(38,23(26,27)28)24(29,30)31/h2-4,11,14-15,19,38H,5,7-10H2,1H3,(H,33,34,35). The predicted molar refractivity (Wildman–Crippen MR) is 127 cm³/mol. The topological polar surface area (TPSA) is 121 Å². The molecule has 0 saturated carbocycles. The lowest BCUT2D eigenvalue weighted by Crippen LogP contribution is -2.62. The van der Waals surface area contributed by atoms with Crippen molar-refractivity contribution in [2.24, 2.45) is 11.8 Å². The summed E-state index contributed by atoms with van der Waals surface area (Å²) in [6.07, 6.45) is -13.8. The van der Waals surface area contributed by atoms with Crippen LogP contribution in [0.25, 0.3) is 0 Å². The Morgan fingerprint density at radius 1 is 1.20 bits per heavy atom. The normalized spacial score (nSPS) is 21.5. The second-order valence-electron chi connectivity index (χ2n) is 9.56. The number of piperidine rings is 1. The average Bonchev–Trinajstić information content (AvgIpc) is 2.85. The number of likely N-dealkylation sites (tertiary alicyclic amines) is 1. The van der Waals surface area contributed by atoms with E-state index >= 15 is 0 Å². The number of nitriles is 1. The van der Waals surface area contributed by atoms with E-state index in [2.05, 4.69) is 15.3 Å². The van der Waals surface area contributed by atoms with Crippen LogP contribution in [0.2, 0.25) is 5.02 Å². The van der Waals surface area contributed by atoms with Gasteiger partial charge in [-0.05, 0) is 25.1 Å². The first-order valence-electron chi connectivity index (χ1n) is 11.8. The number of carbonyl (C=O) groups excluding carboxylic acids is 1. The minimum Gasteiger partial charge on any atom is -0.473 e. The summed E-state index contributed by atoms with van der Waals surface area (Å²) < 4.78 is 90.3. The molecular weight excluding hydrogens is 572 g/mol. The van der Waals surface area contributed by atoms with Crippen molar-refractivity contribution in [2.75, 3.05) is 31.6 Å². The van der Waals surface area contributed by atoms with Crippen LogP contribution in [-0.4, -0.2) is 76.2 Å². The molecular formula is C24H22ClF6N5O4. The molecule has 2 atom stereocenters. The van der Waals surface area contributed by atoms with Crippen LogP contribution in [0, 0.1) is 30.1 Å². The van der Waals surface area contributed by atoms with E-state index in [4.69, 9.17) is 26.3 Å². The van der Waals surface area contributed by atoms with Crippen molar-refractivity contribution in [3.8, 4) is 11.9 Å².